The number of carbonyl (C=O) groups is 1. The molecule has 4 heterocycles. The van der Waals surface area contributed by atoms with Crippen LogP contribution in [0.5, 0.6) is 5.75 Å². The Morgan fingerprint density at radius 3 is 2.32 bits per heavy atom. The number of rotatable bonds is 7. The van der Waals surface area contributed by atoms with E-state index in [1.54, 1.807) is 40.2 Å². The molecular formula is C33H43BN4O6. The molecule has 2 saturated heterocycles. The second-order valence-corrected chi connectivity index (χ2v) is 13.7. The number of benzene rings is 1. The van der Waals surface area contributed by atoms with Gasteiger partial charge in [-0.05, 0) is 84.3 Å². The van der Waals surface area contributed by atoms with Crippen molar-refractivity contribution in [2.75, 3.05) is 19.7 Å². The van der Waals surface area contributed by atoms with Crippen molar-refractivity contribution in [1.82, 2.24) is 19.4 Å². The first kappa shape index (κ1) is 31.7. The molecule has 0 saturated carbocycles. The molecule has 2 fully saturated rings. The Morgan fingerprint density at radius 1 is 1.02 bits per heavy atom. The summed E-state index contributed by atoms with van der Waals surface area (Å²) in [5.74, 6) is 1.52. The summed E-state index contributed by atoms with van der Waals surface area (Å²) in [6.07, 6.45) is 6.63. The van der Waals surface area contributed by atoms with Crippen molar-refractivity contribution in [3.05, 3.63) is 70.9 Å². The van der Waals surface area contributed by atoms with Crippen molar-refractivity contribution < 1.29 is 23.6 Å². The van der Waals surface area contributed by atoms with Gasteiger partial charge in [0, 0.05) is 30.9 Å². The minimum atomic E-state index is -0.544. The van der Waals surface area contributed by atoms with Crippen LogP contribution in [-0.2, 0) is 20.6 Å². The Balaban J connectivity index is 1.17. The number of hydrogen-bond acceptors (Lipinski definition) is 8. The van der Waals surface area contributed by atoms with E-state index >= 15 is 0 Å². The molecule has 0 atom stereocenters. The molecule has 2 aliphatic rings. The molecule has 0 bridgehead atoms. The van der Waals surface area contributed by atoms with Gasteiger partial charge in [-0.25, -0.2) is 14.8 Å². The van der Waals surface area contributed by atoms with E-state index in [9.17, 15) is 9.59 Å². The van der Waals surface area contributed by atoms with Crippen molar-refractivity contribution in [3.8, 4) is 17.1 Å². The van der Waals surface area contributed by atoms with Gasteiger partial charge in [-0.15, -0.1) is 0 Å². The molecule has 0 aliphatic carbocycles. The second kappa shape index (κ2) is 12.4. The van der Waals surface area contributed by atoms with Gasteiger partial charge in [0.1, 0.15) is 5.60 Å². The zero-order valence-electron chi connectivity index (χ0n) is 26.8. The third-order valence-corrected chi connectivity index (χ3v) is 8.45. The lowest BCUT2D eigenvalue weighted by molar-refractivity contribution is 0.00578. The van der Waals surface area contributed by atoms with Crippen molar-refractivity contribution in [2.24, 2.45) is 5.92 Å². The van der Waals surface area contributed by atoms with Crippen molar-refractivity contribution in [1.29, 1.82) is 0 Å². The predicted octanol–water partition coefficient (Wildman–Crippen LogP) is 4.68. The summed E-state index contributed by atoms with van der Waals surface area (Å²) in [5, 5.41) is 0. The number of aromatic nitrogens is 3. The third-order valence-electron chi connectivity index (χ3n) is 8.45. The maximum absolute atomic E-state index is 12.7. The van der Waals surface area contributed by atoms with E-state index in [1.165, 1.54) is 0 Å². The Kier molecular flexibility index (Phi) is 8.91. The molecule has 10 nitrogen and oxygen atoms in total. The molecule has 1 amide bonds. The molecule has 0 spiro atoms. The first-order chi connectivity index (χ1) is 20.7. The van der Waals surface area contributed by atoms with E-state index in [4.69, 9.17) is 18.8 Å². The number of hydrogen-bond donors (Lipinski definition) is 0. The molecule has 234 valence electrons. The monoisotopic (exact) mass is 602 g/mol. The standard InChI is InChI=1S/C33H43BN4O6/c1-31(2,3)42-30(40)37-15-13-23(14-16-37)22-41-27-18-35-29(36-19-27)25-10-8-9-24(17-25)20-38-21-26(11-12-28(38)39)34-43-32(4,5)33(6,7)44-34/h8-12,17-19,21,23H,13-16,20,22H2,1-7H3. The molecule has 0 radical (unpaired) electrons. The number of piperidine rings is 1. The number of amides is 1. The molecule has 2 aliphatic heterocycles. The second-order valence-electron chi connectivity index (χ2n) is 13.7. The van der Waals surface area contributed by atoms with Crippen LogP contribution in [0, 0.1) is 5.92 Å². The van der Waals surface area contributed by atoms with Crippen LogP contribution in [0.3, 0.4) is 0 Å². The number of likely N-dealkylation sites (tertiary alicyclic amines) is 1. The van der Waals surface area contributed by atoms with Crippen LogP contribution in [0.4, 0.5) is 4.79 Å². The van der Waals surface area contributed by atoms with Gasteiger partial charge in [0.2, 0.25) is 0 Å². The van der Waals surface area contributed by atoms with Crippen LogP contribution in [0.1, 0.15) is 66.9 Å². The van der Waals surface area contributed by atoms with E-state index in [0.29, 0.717) is 43.7 Å². The van der Waals surface area contributed by atoms with E-state index in [0.717, 1.165) is 29.4 Å². The maximum Gasteiger partial charge on any atom is 0.496 e. The zero-order valence-corrected chi connectivity index (χ0v) is 26.8. The highest BCUT2D eigenvalue weighted by Gasteiger charge is 2.51. The Labute approximate surface area is 259 Å². The molecule has 1 aromatic carbocycles. The van der Waals surface area contributed by atoms with Crippen LogP contribution < -0.4 is 15.8 Å². The van der Waals surface area contributed by atoms with Gasteiger partial charge in [-0.3, -0.25) is 4.79 Å². The van der Waals surface area contributed by atoms with Gasteiger partial charge >= 0.3 is 13.2 Å². The number of nitrogens with zero attached hydrogens (tertiary/aromatic N) is 4. The van der Waals surface area contributed by atoms with Crippen LogP contribution in [0.15, 0.2) is 59.8 Å². The largest absolute Gasteiger partial charge is 0.496 e. The first-order valence-electron chi connectivity index (χ1n) is 15.3. The SMILES string of the molecule is CC(C)(C)OC(=O)N1CCC(COc2cnc(-c3cccc(Cn4cc(B5OC(C)(C)C(C)(C)O5)ccc4=O)c3)nc2)CC1. The highest BCUT2D eigenvalue weighted by molar-refractivity contribution is 6.62. The summed E-state index contributed by atoms with van der Waals surface area (Å²) in [7, 11) is -0.544. The lowest BCUT2D eigenvalue weighted by atomic mass is 9.80. The topological polar surface area (TPSA) is 105 Å². The van der Waals surface area contributed by atoms with Gasteiger partial charge in [0.05, 0.1) is 36.7 Å². The summed E-state index contributed by atoms with van der Waals surface area (Å²) in [5.41, 5.74) is 1.06. The van der Waals surface area contributed by atoms with Crippen LogP contribution in [0.2, 0.25) is 0 Å². The minimum absolute atomic E-state index is 0.107. The molecule has 11 heteroatoms. The molecular weight excluding hydrogens is 559 g/mol. The lowest BCUT2D eigenvalue weighted by Crippen LogP contribution is -2.42. The average Bonchev–Trinajstić information content (AvgIpc) is 3.19. The highest BCUT2D eigenvalue weighted by atomic mass is 16.7. The zero-order chi connectivity index (χ0) is 31.7. The lowest BCUT2D eigenvalue weighted by Gasteiger charge is -2.33. The summed E-state index contributed by atoms with van der Waals surface area (Å²) >= 11 is 0. The molecule has 0 N–H and O–H groups in total. The fourth-order valence-corrected chi connectivity index (χ4v) is 5.16. The molecule has 5 rings (SSSR count). The smallest absolute Gasteiger partial charge is 0.490 e. The normalized spacial score (nSPS) is 18.3. The Bertz CT molecular complexity index is 1510. The molecule has 44 heavy (non-hydrogen) atoms. The Hall–Kier alpha value is -3.70. The van der Waals surface area contributed by atoms with Crippen molar-refractivity contribution >= 4 is 18.7 Å². The third kappa shape index (κ3) is 7.50. The molecule has 3 aromatic rings. The van der Waals surface area contributed by atoms with Crippen LogP contribution in [-0.4, -0.2) is 69.1 Å². The van der Waals surface area contributed by atoms with Gasteiger partial charge in [0.15, 0.2) is 11.6 Å². The Morgan fingerprint density at radius 2 is 1.68 bits per heavy atom. The van der Waals surface area contributed by atoms with Gasteiger partial charge in [0.25, 0.3) is 5.56 Å². The molecule has 2 aromatic heterocycles. The first-order valence-corrected chi connectivity index (χ1v) is 15.3. The summed E-state index contributed by atoms with van der Waals surface area (Å²) in [6, 6.07) is 11.2. The summed E-state index contributed by atoms with van der Waals surface area (Å²) < 4.78 is 25.5. The van der Waals surface area contributed by atoms with Crippen LogP contribution in [0.25, 0.3) is 11.4 Å². The summed E-state index contributed by atoms with van der Waals surface area (Å²) in [4.78, 5) is 35.9. The van der Waals surface area contributed by atoms with Gasteiger partial charge in [-0.2, -0.15) is 0 Å². The predicted molar refractivity (Wildman–Crippen MR) is 169 cm³/mol. The number of ether oxygens (including phenoxy) is 2. The van der Waals surface area contributed by atoms with Crippen molar-refractivity contribution in [2.45, 2.75) is 84.7 Å². The maximum atomic E-state index is 12.7. The fourth-order valence-electron chi connectivity index (χ4n) is 5.16. The van der Waals surface area contributed by atoms with E-state index in [-0.39, 0.29) is 11.7 Å². The van der Waals surface area contributed by atoms with E-state index < -0.39 is 23.9 Å². The minimum Gasteiger partial charge on any atom is -0.490 e. The van der Waals surface area contributed by atoms with Crippen LogP contribution >= 0.6 is 0 Å². The summed E-state index contributed by atoms with van der Waals surface area (Å²) in [6.45, 7) is 15.9. The molecule has 0 unspecified atom stereocenters. The fraction of sp³-hybridized carbons (Fsp3) is 0.515. The van der Waals surface area contributed by atoms with Gasteiger partial charge < -0.3 is 28.2 Å². The highest BCUT2D eigenvalue weighted by Crippen LogP contribution is 2.36. The van der Waals surface area contributed by atoms with Crippen molar-refractivity contribution in [3.63, 3.8) is 0 Å². The van der Waals surface area contributed by atoms with E-state index in [2.05, 4.69) is 9.97 Å². The average molecular weight is 603 g/mol. The number of carbonyl (C=O) groups excluding carboxylic acids is 1. The van der Waals surface area contributed by atoms with Gasteiger partial charge in [-0.1, -0.05) is 24.3 Å². The van der Waals surface area contributed by atoms with E-state index in [1.807, 2.05) is 72.7 Å². The number of pyridine rings is 1. The quantitative estimate of drug-likeness (QED) is 0.359.